The van der Waals surface area contributed by atoms with Crippen LogP contribution < -0.4 is 5.32 Å². The van der Waals surface area contributed by atoms with Crippen molar-refractivity contribution in [2.45, 2.75) is 51.0 Å². The van der Waals surface area contributed by atoms with E-state index >= 15 is 0 Å². The Hall–Kier alpha value is -0.850. The minimum absolute atomic E-state index is 0.102. The highest BCUT2D eigenvalue weighted by molar-refractivity contribution is 7.89. The number of nitrogens with zero attached hydrogens (tertiary/aromatic N) is 2. The molecule has 1 rings (SSSR count). The van der Waals surface area contributed by atoms with E-state index in [4.69, 9.17) is 11.6 Å². The van der Waals surface area contributed by atoms with Gasteiger partial charge in [0, 0.05) is 25.8 Å². The van der Waals surface area contributed by atoms with Crippen LogP contribution in [-0.4, -0.2) is 37.3 Å². The van der Waals surface area contributed by atoms with Gasteiger partial charge in [-0.2, -0.15) is 4.31 Å². The van der Waals surface area contributed by atoms with Crippen molar-refractivity contribution < 1.29 is 8.42 Å². The topological polar surface area (TPSA) is 62.3 Å². The minimum Gasteiger partial charge on any atom is -0.372 e. The molecule has 21 heavy (non-hydrogen) atoms. The molecule has 0 unspecified atom stereocenters. The largest absolute Gasteiger partial charge is 0.372 e. The number of sulfonamides is 1. The lowest BCUT2D eigenvalue weighted by molar-refractivity contribution is 0.345. The van der Waals surface area contributed by atoms with Gasteiger partial charge >= 0.3 is 0 Å². The van der Waals surface area contributed by atoms with E-state index in [0.717, 1.165) is 19.3 Å². The molecule has 0 amide bonds. The summed E-state index contributed by atoms with van der Waals surface area (Å²) in [5.41, 5.74) is 0. The van der Waals surface area contributed by atoms with Gasteiger partial charge in [-0.3, -0.25) is 0 Å². The van der Waals surface area contributed by atoms with Crippen LogP contribution in [-0.2, 0) is 10.0 Å². The maximum Gasteiger partial charge on any atom is 0.244 e. The van der Waals surface area contributed by atoms with Crippen LogP contribution in [0.5, 0.6) is 0 Å². The lowest BCUT2D eigenvalue weighted by atomic mass is 10.2. The van der Waals surface area contributed by atoms with Gasteiger partial charge in [0.25, 0.3) is 0 Å². The van der Waals surface area contributed by atoms with E-state index in [1.165, 1.54) is 16.6 Å². The molecule has 1 aromatic rings. The number of aromatic nitrogens is 1. The fourth-order valence-corrected chi connectivity index (χ4v) is 4.03. The van der Waals surface area contributed by atoms with E-state index in [-0.39, 0.29) is 10.9 Å². The molecule has 0 radical (unpaired) electrons. The number of unbranched alkanes of at least 4 members (excludes halogenated alkanes) is 2. The van der Waals surface area contributed by atoms with E-state index in [1.54, 1.807) is 7.05 Å². The highest BCUT2D eigenvalue weighted by atomic mass is 35.5. The normalized spacial score (nSPS) is 12.1. The first-order valence-electron chi connectivity index (χ1n) is 7.19. The molecule has 1 N–H and O–H groups in total. The molecule has 0 bridgehead atoms. The molecule has 0 aliphatic heterocycles. The zero-order valence-electron chi connectivity index (χ0n) is 13.1. The van der Waals surface area contributed by atoms with Crippen LogP contribution in [0.4, 0.5) is 5.82 Å². The second-order valence-electron chi connectivity index (χ2n) is 5.17. The lowest BCUT2D eigenvalue weighted by Crippen LogP contribution is -2.37. The average Bonchev–Trinajstić information content (AvgIpc) is 2.42. The Labute approximate surface area is 132 Å². The van der Waals surface area contributed by atoms with Crippen molar-refractivity contribution in [3.05, 3.63) is 17.3 Å². The molecule has 0 fully saturated rings. The third-order valence-corrected chi connectivity index (χ3v) is 5.55. The summed E-state index contributed by atoms with van der Waals surface area (Å²) in [4.78, 5) is 4.19. The molecular weight excluding hydrogens is 310 g/mol. The van der Waals surface area contributed by atoms with Crippen molar-refractivity contribution in [2.24, 2.45) is 0 Å². The quantitative estimate of drug-likeness (QED) is 0.741. The van der Waals surface area contributed by atoms with Crippen LogP contribution in [0.2, 0.25) is 5.02 Å². The average molecular weight is 334 g/mol. The summed E-state index contributed by atoms with van der Waals surface area (Å²) in [6.45, 7) is 6.36. The Bertz CT molecular complexity index is 561. The second kappa shape index (κ2) is 7.96. The fourth-order valence-electron chi connectivity index (χ4n) is 2.05. The van der Waals surface area contributed by atoms with Gasteiger partial charge in [-0.25, -0.2) is 13.4 Å². The summed E-state index contributed by atoms with van der Waals surface area (Å²) in [6.07, 6.45) is 4.26. The van der Waals surface area contributed by atoms with E-state index in [0.29, 0.717) is 17.4 Å². The second-order valence-corrected chi connectivity index (χ2v) is 7.47. The third-order valence-electron chi connectivity index (χ3n) is 3.22. The van der Waals surface area contributed by atoms with E-state index in [9.17, 15) is 8.42 Å². The van der Waals surface area contributed by atoms with E-state index in [2.05, 4.69) is 17.2 Å². The SMILES string of the molecule is CCCCCN(C(C)C)S(=O)(=O)c1cnc(NC)c(Cl)c1. The molecule has 0 aromatic carbocycles. The molecule has 1 aromatic heterocycles. The molecule has 0 saturated heterocycles. The van der Waals surface area contributed by atoms with Gasteiger partial charge < -0.3 is 5.32 Å². The molecular formula is C14H24ClN3O2S. The summed E-state index contributed by atoms with van der Waals surface area (Å²) in [7, 11) is -1.88. The highest BCUT2D eigenvalue weighted by Crippen LogP contribution is 2.25. The lowest BCUT2D eigenvalue weighted by Gasteiger charge is -2.26. The molecule has 0 spiro atoms. The molecule has 120 valence electrons. The van der Waals surface area contributed by atoms with Crippen molar-refractivity contribution in [1.82, 2.24) is 9.29 Å². The van der Waals surface area contributed by atoms with Gasteiger partial charge in [-0.1, -0.05) is 31.4 Å². The highest BCUT2D eigenvalue weighted by Gasteiger charge is 2.27. The first-order chi connectivity index (χ1) is 9.84. The van der Waals surface area contributed by atoms with Crippen LogP contribution in [0.25, 0.3) is 0 Å². The number of halogens is 1. The van der Waals surface area contributed by atoms with E-state index < -0.39 is 10.0 Å². The number of pyridine rings is 1. The summed E-state index contributed by atoms with van der Waals surface area (Å²) in [5.74, 6) is 0.470. The van der Waals surface area contributed by atoms with Crippen molar-refractivity contribution in [2.75, 3.05) is 18.9 Å². The first kappa shape index (κ1) is 18.2. The van der Waals surface area contributed by atoms with Crippen LogP contribution in [0.15, 0.2) is 17.2 Å². The van der Waals surface area contributed by atoms with Crippen LogP contribution in [0, 0.1) is 0 Å². The van der Waals surface area contributed by atoms with Crippen LogP contribution in [0.3, 0.4) is 0 Å². The zero-order valence-corrected chi connectivity index (χ0v) is 14.6. The Morgan fingerprint density at radius 1 is 1.38 bits per heavy atom. The molecule has 7 heteroatoms. The fraction of sp³-hybridized carbons (Fsp3) is 0.643. The third kappa shape index (κ3) is 4.56. The Balaban J connectivity index is 3.08. The predicted octanol–water partition coefficient (Wildman–Crippen LogP) is 3.37. The van der Waals surface area contributed by atoms with Gasteiger partial charge in [0.15, 0.2) is 0 Å². The standard InChI is InChI=1S/C14H24ClN3O2S/c1-5-6-7-8-18(11(2)3)21(19,20)12-9-13(15)14(16-4)17-10-12/h9-11H,5-8H2,1-4H3,(H,16,17). The molecule has 0 aliphatic rings. The van der Waals surface area contributed by atoms with Crippen LogP contribution in [0.1, 0.15) is 40.0 Å². The van der Waals surface area contributed by atoms with Crippen molar-refractivity contribution in [1.29, 1.82) is 0 Å². The smallest absolute Gasteiger partial charge is 0.244 e. The summed E-state index contributed by atoms with van der Waals surface area (Å²) >= 11 is 6.04. The Morgan fingerprint density at radius 2 is 2.05 bits per heavy atom. The molecule has 0 aliphatic carbocycles. The monoisotopic (exact) mass is 333 g/mol. The van der Waals surface area contributed by atoms with Gasteiger partial charge in [-0.05, 0) is 26.3 Å². The maximum atomic E-state index is 12.7. The van der Waals surface area contributed by atoms with Crippen LogP contribution >= 0.6 is 11.6 Å². The summed E-state index contributed by atoms with van der Waals surface area (Å²) in [5, 5.41) is 3.12. The number of nitrogens with one attached hydrogen (secondary N) is 1. The summed E-state index contributed by atoms with van der Waals surface area (Å²) < 4.78 is 27.0. The first-order valence-corrected chi connectivity index (χ1v) is 9.01. The maximum absolute atomic E-state index is 12.7. The number of hydrogen-bond donors (Lipinski definition) is 1. The number of rotatable bonds is 8. The van der Waals surface area contributed by atoms with Crippen molar-refractivity contribution in [3.8, 4) is 0 Å². The van der Waals surface area contributed by atoms with Gasteiger partial charge in [-0.15, -0.1) is 0 Å². The van der Waals surface area contributed by atoms with Gasteiger partial charge in [0.1, 0.15) is 10.7 Å². The minimum atomic E-state index is -3.57. The molecule has 1 heterocycles. The van der Waals surface area contributed by atoms with Crippen molar-refractivity contribution in [3.63, 3.8) is 0 Å². The van der Waals surface area contributed by atoms with Gasteiger partial charge in [0.2, 0.25) is 10.0 Å². The Morgan fingerprint density at radius 3 is 2.52 bits per heavy atom. The molecule has 5 nitrogen and oxygen atoms in total. The predicted molar refractivity (Wildman–Crippen MR) is 87.3 cm³/mol. The number of anilines is 1. The zero-order chi connectivity index (χ0) is 16.0. The molecule has 0 saturated carbocycles. The Kier molecular flexibility index (Phi) is 6.90. The summed E-state index contributed by atoms with van der Waals surface area (Å²) in [6, 6.07) is 1.35. The number of hydrogen-bond acceptors (Lipinski definition) is 4. The van der Waals surface area contributed by atoms with Gasteiger partial charge in [0.05, 0.1) is 5.02 Å². The molecule has 0 atom stereocenters. The van der Waals surface area contributed by atoms with Crippen molar-refractivity contribution >= 4 is 27.4 Å². The van der Waals surface area contributed by atoms with E-state index in [1.807, 2.05) is 13.8 Å².